The zero-order valence-corrected chi connectivity index (χ0v) is 18.7. The summed E-state index contributed by atoms with van der Waals surface area (Å²) in [4.78, 5) is 21.2. The van der Waals surface area contributed by atoms with Crippen LogP contribution in [0.4, 0.5) is 15.8 Å². The van der Waals surface area contributed by atoms with Crippen molar-refractivity contribution in [3.8, 4) is 0 Å². The van der Waals surface area contributed by atoms with E-state index in [1.807, 2.05) is 49.6 Å². The highest BCUT2D eigenvalue weighted by atomic mass is 19.1. The van der Waals surface area contributed by atoms with E-state index < -0.39 is 11.8 Å². The summed E-state index contributed by atoms with van der Waals surface area (Å²) < 4.78 is 21.8. The summed E-state index contributed by atoms with van der Waals surface area (Å²) in [6.07, 6.45) is 6.73. The molecule has 0 bridgehead atoms. The number of aromatic nitrogens is 3. The molecule has 3 aromatic heterocycles. The van der Waals surface area contributed by atoms with E-state index in [4.69, 9.17) is 4.74 Å². The fourth-order valence-electron chi connectivity index (χ4n) is 3.43. The minimum atomic E-state index is -0.488. The highest BCUT2D eigenvalue weighted by Gasteiger charge is 2.25. The molecule has 0 amide bonds. The van der Waals surface area contributed by atoms with E-state index in [2.05, 4.69) is 15.3 Å². The molecule has 0 saturated heterocycles. The molecule has 0 spiro atoms. The minimum Gasteiger partial charge on any atom is -0.461 e. The molecule has 0 aliphatic carbocycles. The van der Waals surface area contributed by atoms with Gasteiger partial charge in [-0.15, -0.1) is 0 Å². The third-order valence-corrected chi connectivity index (χ3v) is 4.81. The van der Waals surface area contributed by atoms with Gasteiger partial charge in [-0.05, 0) is 55.3 Å². The molecule has 1 aromatic carbocycles. The molecule has 32 heavy (non-hydrogen) atoms. The smallest absolute Gasteiger partial charge is 0.357 e. The summed E-state index contributed by atoms with van der Waals surface area (Å²) in [6, 6.07) is 10.5. The van der Waals surface area contributed by atoms with Crippen LogP contribution >= 0.6 is 0 Å². The first kappa shape index (κ1) is 22.9. The zero-order chi connectivity index (χ0) is 23.1. The van der Waals surface area contributed by atoms with Gasteiger partial charge in [0.15, 0.2) is 5.69 Å². The average molecular weight is 435 g/mol. The van der Waals surface area contributed by atoms with Gasteiger partial charge in [-0.1, -0.05) is 19.9 Å². The van der Waals surface area contributed by atoms with Crippen LogP contribution in [0.25, 0.3) is 10.9 Å². The maximum Gasteiger partial charge on any atom is 0.357 e. The molecule has 0 aliphatic rings. The molecule has 4 aromatic rings. The molecule has 1 N–H and O–H groups in total. The number of carbonyl (C=O) groups is 1. The van der Waals surface area contributed by atoms with E-state index in [-0.39, 0.29) is 12.3 Å². The molecule has 6 nitrogen and oxygen atoms in total. The summed E-state index contributed by atoms with van der Waals surface area (Å²) in [5, 5.41) is 3.81. The molecule has 0 atom stereocenters. The highest BCUT2D eigenvalue weighted by molar-refractivity contribution is 6.07. The van der Waals surface area contributed by atoms with Crippen molar-refractivity contribution in [2.45, 2.75) is 34.2 Å². The second kappa shape index (κ2) is 10.5. The topological polar surface area (TPSA) is 69.0 Å². The first-order chi connectivity index (χ1) is 15.6. The SMILES string of the molecule is CC.CCOC(=O)c1c(Nc2ccc(C)cc2F)c2cnccc2n1Cc1ccncc1. The van der Waals surface area contributed by atoms with Crippen molar-refractivity contribution >= 4 is 28.2 Å². The van der Waals surface area contributed by atoms with E-state index >= 15 is 0 Å². The number of fused-ring (bicyclic) bond motifs is 1. The van der Waals surface area contributed by atoms with Crippen molar-refractivity contribution < 1.29 is 13.9 Å². The van der Waals surface area contributed by atoms with Gasteiger partial charge in [0.25, 0.3) is 0 Å². The third kappa shape index (κ3) is 4.77. The van der Waals surface area contributed by atoms with Crippen LogP contribution in [0, 0.1) is 12.7 Å². The Labute approximate surface area is 187 Å². The van der Waals surface area contributed by atoms with E-state index in [1.165, 1.54) is 6.07 Å². The van der Waals surface area contributed by atoms with Gasteiger partial charge < -0.3 is 14.6 Å². The van der Waals surface area contributed by atoms with Gasteiger partial charge in [0.05, 0.1) is 23.5 Å². The van der Waals surface area contributed by atoms with E-state index in [0.29, 0.717) is 23.3 Å². The Balaban J connectivity index is 0.00000141. The number of benzene rings is 1. The largest absolute Gasteiger partial charge is 0.461 e. The molecule has 0 radical (unpaired) electrons. The minimum absolute atomic E-state index is 0.228. The molecule has 3 heterocycles. The van der Waals surface area contributed by atoms with E-state index in [0.717, 1.165) is 16.6 Å². The summed E-state index contributed by atoms with van der Waals surface area (Å²) in [6.45, 7) is 8.23. The summed E-state index contributed by atoms with van der Waals surface area (Å²) in [5.74, 6) is -0.887. The normalized spacial score (nSPS) is 10.4. The second-order valence-corrected chi connectivity index (χ2v) is 6.89. The van der Waals surface area contributed by atoms with Gasteiger partial charge in [-0.2, -0.15) is 0 Å². The first-order valence-corrected chi connectivity index (χ1v) is 10.6. The molecule has 0 aliphatic heterocycles. The maximum atomic E-state index is 14.6. The third-order valence-electron chi connectivity index (χ3n) is 4.81. The lowest BCUT2D eigenvalue weighted by Gasteiger charge is -2.13. The molecule has 166 valence electrons. The number of carbonyl (C=O) groups excluding carboxylic acids is 1. The maximum absolute atomic E-state index is 14.6. The van der Waals surface area contributed by atoms with Crippen molar-refractivity contribution in [1.29, 1.82) is 0 Å². The number of anilines is 2. The van der Waals surface area contributed by atoms with Crippen LogP contribution in [0.15, 0.2) is 61.2 Å². The van der Waals surface area contributed by atoms with E-state index in [1.54, 1.807) is 37.8 Å². The van der Waals surface area contributed by atoms with Crippen molar-refractivity contribution in [1.82, 2.24) is 14.5 Å². The quantitative estimate of drug-likeness (QED) is 0.384. The van der Waals surface area contributed by atoms with Crippen molar-refractivity contribution in [3.63, 3.8) is 0 Å². The molecular formula is C25H27FN4O2. The number of hydrogen-bond donors (Lipinski definition) is 1. The summed E-state index contributed by atoms with van der Waals surface area (Å²) >= 11 is 0. The number of aryl methyl sites for hydroxylation is 1. The van der Waals surface area contributed by atoms with Gasteiger partial charge in [-0.25, -0.2) is 9.18 Å². The molecule has 0 unspecified atom stereocenters. The van der Waals surface area contributed by atoms with Gasteiger partial charge in [0.2, 0.25) is 0 Å². The lowest BCUT2D eigenvalue weighted by molar-refractivity contribution is 0.0516. The highest BCUT2D eigenvalue weighted by Crippen LogP contribution is 2.35. The van der Waals surface area contributed by atoms with Crippen molar-refractivity contribution in [2.24, 2.45) is 0 Å². The number of ether oxygens (including phenoxy) is 1. The molecule has 4 rings (SSSR count). The molecular weight excluding hydrogens is 407 g/mol. The fraction of sp³-hybridized carbons (Fsp3) is 0.240. The Morgan fingerprint density at radius 2 is 1.81 bits per heavy atom. The number of pyridine rings is 2. The van der Waals surface area contributed by atoms with Gasteiger partial charge in [0.1, 0.15) is 5.82 Å². The standard InChI is InChI=1S/C23H21FN4O2.C2H6/c1-3-30-23(29)22-21(27-19-5-4-15(2)12-18(19)24)17-13-26-11-8-20(17)28(22)14-16-6-9-25-10-7-16;1-2/h4-13,27H,3,14H2,1-2H3;1-2H3. The molecule has 7 heteroatoms. The number of nitrogens with zero attached hydrogens (tertiary/aromatic N) is 3. The predicted molar refractivity (Wildman–Crippen MR) is 125 cm³/mol. The lowest BCUT2D eigenvalue weighted by atomic mass is 10.2. The van der Waals surface area contributed by atoms with Crippen molar-refractivity contribution in [2.75, 3.05) is 11.9 Å². The number of hydrogen-bond acceptors (Lipinski definition) is 5. The number of nitrogens with one attached hydrogen (secondary N) is 1. The van der Waals surface area contributed by atoms with Gasteiger partial charge in [-0.3, -0.25) is 9.97 Å². The van der Waals surface area contributed by atoms with Crippen LogP contribution in [0.3, 0.4) is 0 Å². The van der Waals surface area contributed by atoms with Gasteiger partial charge in [0, 0.05) is 36.7 Å². The van der Waals surface area contributed by atoms with Crippen LogP contribution in [-0.4, -0.2) is 27.1 Å². The fourth-order valence-corrected chi connectivity index (χ4v) is 3.43. The first-order valence-electron chi connectivity index (χ1n) is 10.6. The van der Waals surface area contributed by atoms with Crippen molar-refractivity contribution in [3.05, 3.63) is 83.8 Å². The Morgan fingerprint density at radius 1 is 1.09 bits per heavy atom. The van der Waals surface area contributed by atoms with Crippen LogP contribution in [0.5, 0.6) is 0 Å². The number of halogens is 1. The zero-order valence-electron chi connectivity index (χ0n) is 18.7. The Hall–Kier alpha value is -3.74. The van der Waals surface area contributed by atoms with Crippen LogP contribution in [0.2, 0.25) is 0 Å². The predicted octanol–water partition coefficient (Wildman–Crippen LogP) is 5.87. The van der Waals surface area contributed by atoms with Crippen LogP contribution in [-0.2, 0) is 11.3 Å². The van der Waals surface area contributed by atoms with Crippen LogP contribution in [0.1, 0.15) is 42.4 Å². The summed E-state index contributed by atoms with van der Waals surface area (Å²) in [7, 11) is 0. The average Bonchev–Trinajstić information content (AvgIpc) is 3.11. The Morgan fingerprint density at radius 3 is 2.50 bits per heavy atom. The van der Waals surface area contributed by atoms with E-state index in [9.17, 15) is 9.18 Å². The van der Waals surface area contributed by atoms with Crippen LogP contribution < -0.4 is 5.32 Å². The molecule has 0 fully saturated rings. The van der Waals surface area contributed by atoms with Gasteiger partial charge >= 0.3 is 5.97 Å². The Kier molecular flexibility index (Phi) is 7.54. The monoisotopic (exact) mass is 434 g/mol. The lowest BCUT2D eigenvalue weighted by Crippen LogP contribution is -2.15. The Bertz CT molecular complexity index is 1210. The summed E-state index contributed by atoms with van der Waals surface area (Å²) in [5.41, 5.74) is 3.63. The number of rotatable bonds is 6. The second-order valence-electron chi connectivity index (χ2n) is 6.89. The number of esters is 1. The molecule has 0 saturated carbocycles.